The van der Waals surface area contributed by atoms with Gasteiger partial charge in [0, 0.05) is 15.9 Å². The van der Waals surface area contributed by atoms with Gasteiger partial charge in [-0.05, 0) is 36.2 Å². The number of thioether (sulfide) groups is 1. The predicted octanol–water partition coefficient (Wildman–Crippen LogP) is 4.78. The van der Waals surface area contributed by atoms with Crippen LogP contribution in [0.25, 0.3) is 5.69 Å². The molecule has 3 aromatic rings. The highest BCUT2D eigenvalue weighted by molar-refractivity contribution is 9.10. The van der Waals surface area contributed by atoms with Crippen molar-refractivity contribution in [1.29, 1.82) is 0 Å². The van der Waals surface area contributed by atoms with Gasteiger partial charge in [0.15, 0.2) is 11.0 Å². The van der Waals surface area contributed by atoms with E-state index < -0.39 is 0 Å². The topological polar surface area (TPSA) is 59.8 Å². The third-order valence-electron chi connectivity index (χ3n) is 4.17. The maximum absolute atomic E-state index is 12.3. The molecule has 0 fully saturated rings. The van der Waals surface area contributed by atoms with Crippen LogP contribution < -0.4 is 5.32 Å². The van der Waals surface area contributed by atoms with Crippen LogP contribution in [-0.4, -0.2) is 26.4 Å². The molecule has 0 aliphatic heterocycles. The lowest BCUT2D eigenvalue weighted by Gasteiger charge is -2.11. The summed E-state index contributed by atoms with van der Waals surface area (Å²) >= 11 is 5.17. The molecule has 0 aliphatic rings. The molecule has 0 aliphatic carbocycles. The fraction of sp³-hybridized carbons (Fsp3) is 0.286. The smallest absolute Gasteiger partial charge is 0.224 e. The number of halogens is 1. The van der Waals surface area contributed by atoms with Crippen LogP contribution in [0, 0.1) is 0 Å². The summed E-state index contributed by atoms with van der Waals surface area (Å²) in [5.41, 5.74) is 1.98. The quantitative estimate of drug-likeness (QED) is 0.370. The van der Waals surface area contributed by atoms with E-state index in [2.05, 4.69) is 38.4 Å². The lowest BCUT2D eigenvalue weighted by molar-refractivity contribution is -0.120. The molecule has 28 heavy (non-hydrogen) atoms. The van der Waals surface area contributed by atoms with Crippen molar-refractivity contribution in [3.05, 3.63) is 70.5 Å². The first-order valence-electron chi connectivity index (χ1n) is 9.31. The summed E-state index contributed by atoms with van der Waals surface area (Å²) in [7, 11) is 0. The third-order valence-corrected chi connectivity index (χ3v) is 5.71. The minimum absolute atomic E-state index is 0.0308. The molecule has 3 rings (SSSR count). The number of rotatable bonds is 9. The van der Waals surface area contributed by atoms with Crippen LogP contribution in [0.2, 0.25) is 0 Å². The fourth-order valence-corrected chi connectivity index (χ4v) is 4.01. The first kappa shape index (κ1) is 20.6. The predicted molar refractivity (Wildman–Crippen MR) is 117 cm³/mol. The molecule has 0 unspecified atom stereocenters. The van der Waals surface area contributed by atoms with Gasteiger partial charge in [-0.2, -0.15) is 0 Å². The highest BCUT2D eigenvalue weighted by atomic mass is 79.9. The van der Waals surface area contributed by atoms with Gasteiger partial charge in [-0.1, -0.05) is 71.4 Å². The zero-order valence-electron chi connectivity index (χ0n) is 15.8. The van der Waals surface area contributed by atoms with Gasteiger partial charge < -0.3 is 5.32 Å². The number of hydrogen-bond donors (Lipinski definition) is 1. The van der Waals surface area contributed by atoms with Gasteiger partial charge >= 0.3 is 0 Å². The number of carbonyl (C=O) groups excluding carboxylic acids is 1. The molecule has 7 heteroatoms. The SMILES string of the molecule is CCCCSc1nnc(CNC(=O)Cc2ccccc2)n1-c1ccc(Br)cc1. The number of benzene rings is 2. The van der Waals surface area contributed by atoms with E-state index >= 15 is 0 Å². The molecule has 0 spiro atoms. The summed E-state index contributed by atoms with van der Waals surface area (Å²) < 4.78 is 3.04. The van der Waals surface area contributed by atoms with Crippen molar-refractivity contribution >= 4 is 33.6 Å². The zero-order chi connectivity index (χ0) is 19.8. The molecule has 0 saturated carbocycles. The van der Waals surface area contributed by atoms with Gasteiger partial charge in [0.1, 0.15) is 0 Å². The van der Waals surface area contributed by atoms with Crippen molar-refractivity contribution in [2.24, 2.45) is 0 Å². The van der Waals surface area contributed by atoms with Gasteiger partial charge in [0.2, 0.25) is 5.91 Å². The lowest BCUT2D eigenvalue weighted by Crippen LogP contribution is -2.26. The number of hydrogen-bond acceptors (Lipinski definition) is 4. The van der Waals surface area contributed by atoms with Gasteiger partial charge in [-0.3, -0.25) is 9.36 Å². The number of nitrogens with zero attached hydrogens (tertiary/aromatic N) is 3. The summed E-state index contributed by atoms with van der Waals surface area (Å²) in [5, 5.41) is 12.5. The standard InChI is InChI=1S/C21H23BrN4OS/c1-2-3-13-28-21-25-24-19(26(21)18-11-9-17(22)10-12-18)15-23-20(27)14-16-7-5-4-6-8-16/h4-12H,2-3,13-15H2,1H3,(H,23,27). The van der Waals surface area contributed by atoms with Gasteiger partial charge in [0.25, 0.3) is 0 Å². The number of unbranched alkanes of at least 4 members (excludes halogenated alkanes) is 1. The molecule has 0 radical (unpaired) electrons. The molecule has 0 saturated heterocycles. The van der Waals surface area contributed by atoms with E-state index in [0.29, 0.717) is 13.0 Å². The van der Waals surface area contributed by atoms with E-state index in [1.165, 1.54) is 0 Å². The van der Waals surface area contributed by atoms with Crippen LogP contribution in [0.4, 0.5) is 0 Å². The van der Waals surface area contributed by atoms with Crippen molar-refractivity contribution in [3.8, 4) is 5.69 Å². The monoisotopic (exact) mass is 458 g/mol. The summed E-state index contributed by atoms with van der Waals surface area (Å²) in [6, 6.07) is 17.7. The summed E-state index contributed by atoms with van der Waals surface area (Å²) in [4.78, 5) is 12.3. The number of aromatic nitrogens is 3. The van der Waals surface area contributed by atoms with Crippen LogP contribution in [-0.2, 0) is 17.8 Å². The Kier molecular flexibility index (Phi) is 7.68. The molecule has 0 bridgehead atoms. The Bertz CT molecular complexity index is 897. The molecule has 5 nitrogen and oxygen atoms in total. The van der Waals surface area contributed by atoms with Gasteiger partial charge in [-0.25, -0.2) is 0 Å². The van der Waals surface area contributed by atoms with E-state index in [0.717, 1.165) is 45.3 Å². The summed E-state index contributed by atoms with van der Waals surface area (Å²) in [5.74, 6) is 1.69. The molecule has 2 aromatic carbocycles. The average molecular weight is 459 g/mol. The summed E-state index contributed by atoms with van der Waals surface area (Å²) in [6.45, 7) is 2.51. The molecule has 1 N–H and O–H groups in total. The number of carbonyl (C=O) groups is 1. The van der Waals surface area contributed by atoms with Gasteiger partial charge in [-0.15, -0.1) is 10.2 Å². The van der Waals surface area contributed by atoms with Crippen LogP contribution in [0.15, 0.2) is 64.2 Å². The van der Waals surface area contributed by atoms with Crippen molar-refractivity contribution in [3.63, 3.8) is 0 Å². The third kappa shape index (κ3) is 5.69. The van der Waals surface area contributed by atoms with E-state index in [-0.39, 0.29) is 5.91 Å². The first-order chi connectivity index (χ1) is 13.7. The second-order valence-corrected chi connectivity index (χ2v) is 8.33. The number of amides is 1. The van der Waals surface area contributed by atoms with Crippen LogP contribution in [0.5, 0.6) is 0 Å². The lowest BCUT2D eigenvalue weighted by atomic mass is 10.1. The van der Waals surface area contributed by atoms with Crippen LogP contribution in [0.3, 0.4) is 0 Å². The Hall–Kier alpha value is -2.12. The maximum atomic E-state index is 12.3. The average Bonchev–Trinajstić information content (AvgIpc) is 3.11. The van der Waals surface area contributed by atoms with E-state index in [4.69, 9.17) is 0 Å². The van der Waals surface area contributed by atoms with Gasteiger partial charge in [0.05, 0.1) is 13.0 Å². The van der Waals surface area contributed by atoms with E-state index in [1.807, 2.05) is 59.2 Å². The maximum Gasteiger partial charge on any atom is 0.224 e. The van der Waals surface area contributed by atoms with Crippen LogP contribution in [0.1, 0.15) is 31.2 Å². The van der Waals surface area contributed by atoms with E-state index in [9.17, 15) is 4.79 Å². The molecule has 1 aromatic heterocycles. The van der Waals surface area contributed by atoms with E-state index in [1.54, 1.807) is 11.8 Å². The molecule has 1 heterocycles. The Morgan fingerprint density at radius 2 is 1.86 bits per heavy atom. The molecule has 0 atom stereocenters. The summed E-state index contributed by atoms with van der Waals surface area (Å²) in [6.07, 6.45) is 2.62. The zero-order valence-corrected chi connectivity index (χ0v) is 18.2. The first-order valence-corrected chi connectivity index (χ1v) is 11.1. The van der Waals surface area contributed by atoms with Crippen molar-refractivity contribution in [2.45, 2.75) is 37.9 Å². The van der Waals surface area contributed by atoms with Crippen molar-refractivity contribution < 1.29 is 4.79 Å². The Labute approximate surface area is 178 Å². The molecular formula is C21H23BrN4OS. The highest BCUT2D eigenvalue weighted by Crippen LogP contribution is 2.24. The largest absolute Gasteiger partial charge is 0.348 e. The van der Waals surface area contributed by atoms with Crippen molar-refractivity contribution in [2.75, 3.05) is 5.75 Å². The Balaban J connectivity index is 1.74. The van der Waals surface area contributed by atoms with Crippen molar-refractivity contribution in [1.82, 2.24) is 20.1 Å². The Morgan fingerprint density at radius 3 is 2.57 bits per heavy atom. The molecule has 1 amide bonds. The molecular weight excluding hydrogens is 436 g/mol. The minimum atomic E-state index is -0.0308. The second-order valence-electron chi connectivity index (χ2n) is 6.35. The highest BCUT2D eigenvalue weighted by Gasteiger charge is 2.15. The fourth-order valence-electron chi connectivity index (χ4n) is 2.69. The molecule has 146 valence electrons. The minimum Gasteiger partial charge on any atom is -0.348 e. The second kappa shape index (κ2) is 10.4. The Morgan fingerprint density at radius 1 is 1.11 bits per heavy atom. The normalized spacial score (nSPS) is 10.8. The number of nitrogens with one attached hydrogen (secondary N) is 1. The van der Waals surface area contributed by atoms with Crippen LogP contribution >= 0.6 is 27.7 Å².